The molecule has 0 spiro atoms. The second kappa shape index (κ2) is 8.85. The number of fused-ring (bicyclic) bond motifs is 1. The Morgan fingerprint density at radius 2 is 1.97 bits per heavy atom. The molecule has 0 saturated heterocycles. The molecule has 0 aliphatic carbocycles. The lowest BCUT2D eigenvalue weighted by molar-refractivity contribution is -0.116. The fraction of sp³-hybridized carbons (Fsp3) is 0.263. The molecule has 2 amide bonds. The second-order valence-electron chi connectivity index (χ2n) is 6.34. The number of thioether (sulfide) groups is 1. The number of amides is 2. The maximum Gasteiger partial charge on any atom is 0.243 e. The molecule has 1 heterocycles. The third-order valence-electron chi connectivity index (χ3n) is 4.26. The topological polar surface area (TPSA) is 105 Å². The fourth-order valence-corrected chi connectivity index (χ4v) is 4.79. The summed E-state index contributed by atoms with van der Waals surface area (Å²) in [5.74, 6) is 0.658. The number of ether oxygens (including phenoxy) is 1. The maximum absolute atomic E-state index is 12.9. The van der Waals surface area contributed by atoms with Crippen LogP contribution < -0.4 is 15.4 Å². The summed E-state index contributed by atoms with van der Waals surface area (Å²) in [6, 6.07) is 11.3. The van der Waals surface area contributed by atoms with Crippen molar-refractivity contribution in [1.29, 1.82) is 0 Å². The van der Waals surface area contributed by atoms with Crippen molar-refractivity contribution in [3.8, 4) is 5.75 Å². The first-order chi connectivity index (χ1) is 13.8. The summed E-state index contributed by atoms with van der Waals surface area (Å²) in [4.78, 5) is 24.8. The van der Waals surface area contributed by atoms with E-state index in [0.29, 0.717) is 29.3 Å². The van der Waals surface area contributed by atoms with Gasteiger partial charge in [0.05, 0.1) is 24.2 Å². The molecule has 10 heteroatoms. The van der Waals surface area contributed by atoms with Gasteiger partial charge in [-0.25, -0.2) is 8.42 Å². The van der Waals surface area contributed by atoms with Gasteiger partial charge >= 0.3 is 0 Å². The molecule has 2 N–H and O–H groups in total. The number of nitrogens with one attached hydrogen (secondary N) is 2. The first-order valence-corrected chi connectivity index (χ1v) is 11.2. The minimum absolute atomic E-state index is 0.0128. The number of hydrogen-bond donors (Lipinski definition) is 2. The highest BCUT2D eigenvalue weighted by molar-refractivity contribution is 7.99. The van der Waals surface area contributed by atoms with Gasteiger partial charge in [-0.05, 0) is 42.5 Å². The van der Waals surface area contributed by atoms with E-state index in [1.807, 2.05) is 0 Å². The van der Waals surface area contributed by atoms with Crippen molar-refractivity contribution < 1.29 is 22.7 Å². The van der Waals surface area contributed by atoms with Crippen LogP contribution in [0.25, 0.3) is 0 Å². The van der Waals surface area contributed by atoms with Crippen LogP contribution in [0.4, 0.5) is 11.4 Å². The molecule has 0 fully saturated rings. The summed E-state index contributed by atoms with van der Waals surface area (Å²) < 4.78 is 31.8. The van der Waals surface area contributed by atoms with E-state index in [4.69, 9.17) is 4.74 Å². The predicted molar refractivity (Wildman–Crippen MR) is 112 cm³/mol. The lowest BCUT2D eigenvalue weighted by Gasteiger charge is -2.18. The van der Waals surface area contributed by atoms with E-state index in [1.165, 1.54) is 30.9 Å². The molecule has 1 aliphatic heterocycles. The lowest BCUT2D eigenvalue weighted by atomic mass is 10.3. The average molecular weight is 436 g/mol. The van der Waals surface area contributed by atoms with Crippen LogP contribution in [-0.4, -0.2) is 51.0 Å². The number of sulfonamides is 1. The maximum atomic E-state index is 12.9. The second-order valence-corrected chi connectivity index (χ2v) is 9.52. The van der Waals surface area contributed by atoms with E-state index in [1.54, 1.807) is 37.4 Å². The molecule has 0 bridgehead atoms. The first kappa shape index (κ1) is 21.2. The van der Waals surface area contributed by atoms with Crippen molar-refractivity contribution in [2.24, 2.45) is 0 Å². The Labute approximate surface area is 173 Å². The van der Waals surface area contributed by atoms with Gasteiger partial charge in [-0.15, -0.1) is 11.8 Å². The van der Waals surface area contributed by atoms with Crippen LogP contribution in [-0.2, 0) is 19.6 Å². The normalized spacial score (nSPS) is 14.0. The zero-order valence-corrected chi connectivity index (χ0v) is 17.6. The summed E-state index contributed by atoms with van der Waals surface area (Å²) in [6.07, 6.45) is 0.368. The molecule has 0 aromatic heterocycles. The van der Waals surface area contributed by atoms with Crippen molar-refractivity contribution in [3.05, 3.63) is 42.5 Å². The van der Waals surface area contributed by atoms with Crippen molar-refractivity contribution in [2.45, 2.75) is 16.2 Å². The molecular formula is C19H21N3O5S2. The zero-order valence-electron chi connectivity index (χ0n) is 16.0. The third-order valence-corrected chi connectivity index (χ3v) is 7.13. The Bertz CT molecular complexity index is 1020. The minimum atomic E-state index is -3.91. The van der Waals surface area contributed by atoms with Crippen LogP contribution >= 0.6 is 11.8 Å². The molecule has 1 aliphatic rings. The highest BCUT2D eigenvalue weighted by Gasteiger charge is 2.25. The largest absolute Gasteiger partial charge is 0.497 e. The van der Waals surface area contributed by atoms with Crippen LogP contribution in [0.2, 0.25) is 0 Å². The van der Waals surface area contributed by atoms with Crippen molar-refractivity contribution >= 4 is 45.0 Å². The van der Waals surface area contributed by atoms with Gasteiger partial charge in [-0.3, -0.25) is 9.59 Å². The molecule has 2 aromatic carbocycles. The molecule has 8 nitrogen and oxygen atoms in total. The van der Waals surface area contributed by atoms with Crippen LogP contribution in [0.15, 0.2) is 52.3 Å². The highest BCUT2D eigenvalue weighted by Crippen LogP contribution is 2.33. The van der Waals surface area contributed by atoms with Gasteiger partial charge in [0.1, 0.15) is 5.75 Å². The molecule has 0 saturated carbocycles. The fourth-order valence-electron chi connectivity index (χ4n) is 2.70. The van der Waals surface area contributed by atoms with Gasteiger partial charge in [0.2, 0.25) is 21.8 Å². The Kier molecular flexibility index (Phi) is 6.46. The Morgan fingerprint density at radius 3 is 2.66 bits per heavy atom. The zero-order chi connectivity index (χ0) is 21.0. The van der Waals surface area contributed by atoms with Crippen molar-refractivity contribution in [2.75, 3.05) is 37.1 Å². The number of anilines is 2. The SMILES string of the molecule is COc1ccc(NC(=O)CN(C)S(=O)(=O)c2ccc3c(c2)NC(=O)CCS3)cc1. The van der Waals surface area contributed by atoms with E-state index < -0.39 is 15.9 Å². The van der Waals surface area contributed by atoms with E-state index in [0.717, 1.165) is 9.20 Å². The number of likely N-dealkylation sites (N-methyl/N-ethyl adjacent to an activating group) is 1. The van der Waals surface area contributed by atoms with Gasteiger partial charge in [0.25, 0.3) is 0 Å². The smallest absolute Gasteiger partial charge is 0.243 e. The van der Waals surface area contributed by atoms with Gasteiger partial charge in [-0.1, -0.05) is 0 Å². The number of carbonyl (C=O) groups excluding carboxylic acids is 2. The summed E-state index contributed by atoms with van der Waals surface area (Å²) >= 11 is 1.49. The summed E-state index contributed by atoms with van der Waals surface area (Å²) in [5, 5.41) is 5.38. The van der Waals surface area contributed by atoms with Gasteiger partial charge in [0, 0.05) is 29.8 Å². The van der Waals surface area contributed by atoms with E-state index >= 15 is 0 Å². The molecule has 0 unspecified atom stereocenters. The Morgan fingerprint density at radius 1 is 1.24 bits per heavy atom. The lowest BCUT2D eigenvalue weighted by Crippen LogP contribution is -2.35. The monoisotopic (exact) mass is 435 g/mol. The molecule has 0 radical (unpaired) electrons. The van der Waals surface area contributed by atoms with Crippen molar-refractivity contribution in [1.82, 2.24) is 4.31 Å². The van der Waals surface area contributed by atoms with E-state index in [2.05, 4.69) is 10.6 Å². The number of carbonyl (C=O) groups is 2. The van der Waals surface area contributed by atoms with Crippen LogP contribution in [0.5, 0.6) is 5.75 Å². The van der Waals surface area contributed by atoms with Crippen molar-refractivity contribution in [3.63, 3.8) is 0 Å². The minimum Gasteiger partial charge on any atom is -0.497 e. The first-order valence-electron chi connectivity index (χ1n) is 8.76. The quantitative estimate of drug-likeness (QED) is 0.722. The van der Waals surface area contributed by atoms with Crippen LogP contribution in [0.3, 0.4) is 0 Å². The molecule has 154 valence electrons. The van der Waals surface area contributed by atoms with Gasteiger partial charge in [0.15, 0.2) is 0 Å². The van der Waals surface area contributed by atoms with E-state index in [-0.39, 0.29) is 17.3 Å². The van der Waals surface area contributed by atoms with E-state index in [9.17, 15) is 18.0 Å². The third kappa shape index (κ3) is 5.08. The van der Waals surface area contributed by atoms with Gasteiger partial charge < -0.3 is 15.4 Å². The molecule has 0 atom stereocenters. The standard InChI is InChI=1S/C19H21N3O5S2/c1-22(12-19(24)20-13-3-5-14(27-2)6-4-13)29(25,26)15-7-8-17-16(11-15)21-18(23)9-10-28-17/h3-8,11H,9-10,12H2,1-2H3,(H,20,24)(H,21,23). The molecule has 2 aromatic rings. The number of benzene rings is 2. The van der Waals surface area contributed by atoms with Gasteiger partial charge in [-0.2, -0.15) is 4.31 Å². The molecule has 29 heavy (non-hydrogen) atoms. The summed E-state index contributed by atoms with van der Waals surface area (Å²) in [7, 11) is -1.03. The highest BCUT2D eigenvalue weighted by atomic mass is 32.2. The number of rotatable bonds is 6. The summed E-state index contributed by atoms with van der Waals surface area (Å²) in [6.45, 7) is -0.355. The molecule has 3 rings (SSSR count). The van der Waals surface area contributed by atoms with Crippen LogP contribution in [0.1, 0.15) is 6.42 Å². The molecular weight excluding hydrogens is 414 g/mol. The number of nitrogens with zero attached hydrogens (tertiary/aromatic N) is 1. The Balaban J connectivity index is 1.71. The Hall–Kier alpha value is -2.56. The van der Waals surface area contributed by atoms with Crippen LogP contribution in [0, 0.1) is 0 Å². The summed E-state index contributed by atoms with van der Waals surface area (Å²) in [5.41, 5.74) is 1.00. The number of hydrogen-bond acceptors (Lipinski definition) is 6. The number of methoxy groups -OCH3 is 1. The average Bonchev–Trinajstić information content (AvgIpc) is 2.88. The predicted octanol–water partition coefficient (Wildman–Crippen LogP) is 2.39.